The molecule has 0 aromatic rings. The minimum absolute atomic E-state index is 0.0859. The van der Waals surface area contributed by atoms with E-state index in [1.165, 1.54) is 0 Å². The number of carboxylic acids is 1. The Morgan fingerprint density at radius 2 is 2.06 bits per heavy atom. The van der Waals surface area contributed by atoms with Crippen molar-refractivity contribution in [2.75, 3.05) is 13.1 Å². The van der Waals surface area contributed by atoms with Gasteiger partial charge < -0.3 is 15.7 Å². The van der Waals surface area contributed by atoms with E-state index in [-0.39, 0.29) is 18.4 Å². The van der Waals surface area contributed by atoms with Crippen molar-refractivity contribution in [2.45, 2.75) is 45.1 Å². The van der Waals surface area contributed by atoms with Gasteiger partial charge in [-0.2, -0.15) is 0 Å². The number of amides is 1. The highest BCUT2D eigenvalue weighted by Crippen LogP contribution is 2.40. The predicted molar refractivity (Wildman–Crippen MR) is 66.9 cm³/mol. The third-order valence-corrected chi connectivity index (χ3v) is 4.39. The van der Waals surface area contributed by atoms with Gasteiger partial charge >= 0.3 is 5.97 Å². The molecule has 1 aliphatic carbocycles. The first-order valence-electron chi connectivity index (χ1n) is 6.59. The molecule has 2 aliphatic rings. The lowest BCUT2D eigenvalue weighted by atomic mass is 9.81. The van der Waals surface area contributed by atoms with Gasteiger partial charge in [0.15, 0.2) is 0 Å². The molecule has 0 spiro atoms. The number of carbonyl (C=O) groups excluding carboxylic acids is 1. The summed E-state index contributed by atoms with van der Waals surface area (Å²) in [6.45, 7) is 4.39. The fourth-order valence-corrected chi connectivity index (χ4v) is 2.79. The van der Waals surface area contributed by atoms with Crippen molar-refractivity contribution in [3.8, 4) is 0 Å². The maximum absolute atomic E-state index is 12.4. The fraction of sp³-hybridized carbons (Fsp3) is 0.846. The Hall–Kier alpha value is -1.10. The van der Waals surface area contributed by atoms with Crippen LogP contribution in [-0.4, -0.2) is 40.5 Å². The van der Waals surface area contributed by atoms with E-state index in [4.69, 9.17) is 5.73 Å². The molecule has 0 aromatic heterocycles. The van der Waals surface area contributed by atoms with E-state index in [2.05, 4.69) is 0 Å². The van der Waals surface area contributed by atoms with Crippen molar-refractivity contribution in [3.63, 3.8) is 0 Å². The third kappa shape index (κ3) is 2.23. The van der Waals surface area contributed by atoms with Crippen LogP contribution in [0.4, 0.5) is 0 Å². The number of nitrogens with two attached hydrogens (primary N) is 1. The summed E-state index contributed by atoms with van der Waals surface area (Å²) in [5.74, 6) is -0.648. The summed E-state index contributed by atoms with van der Waals surface area (Å²) < 4.78 is 0. The molecule has 5 nitrogen and oxygen atoms in total. The van der Waals surface area contributed by atoms with Gasteiger partial charge in [0.1, 0.15) is 0 Å². The van der Waals surface area contributed by atoms with Crippen molar-refractivity contribution in [1.82, 2.24) is 4.90 Å². The van der Waals surface area contributed by atoms with Crippen molar-refractivity contribution in [2.24, 2.45) is 17.1 Å². The van der Waals surface area contributed by atoms with Crippen LogP contribution in [-0.2, 0) is 9.59 Å². The van der Waals surface area contributed by atoms with Gasteiger partial charge in [0, 0.05) is 13.1 Å². The molecule has 1 saturated heterocycles. The van der Waals surface area contributed by atoms with Crippen molar-refractivity contribution in [3.05, 3.63) is 0 Å². The highest BCUT2D eigenvalue weighted by Gasteiger charge is 2.48. The number of rotatable bonds is 3. The van der Waals surface area contributed by atoms with Crippen LogP contribution < -0.4 is 5.73 Å². The summed E-state index contributed by atoms with van der Waals surface area (Å²) in [4.78, 5) is 25.3. The van der Waals surface area contributed by atoms with Crippen LogP contribution in [0.25, 0.3) is 0 Å². The van der Waals surface area contributed by atoms with E-state index in [0.717, 1.165) is 19.3 Å². The van der Waals surface area contributed by atoms with E-state index in [1.54, 1.807) is 18.7 Å². The molecule has 0 bridgehead atoms. The van der Waals surface area contributed by atoms with Gasteiger partial charge in [-0.15, -0.1) is 0 Å². The lowest BCUT2D eigenvalue weighted by Crippen LogP contribution is -2.59. The van der Waals surface area contributed by atoms with Crippen LogP contribution in [0.2, 0.25) is 0 Å². The topological polar surface area (TPSA) is 83.6 Å². The van der Waals surface area contributed by atoms with Gasteiger partial charge in [-0.05, 0) is 45.4 Å². The van der Waals surface area contributed by atoms with E-state index < -0.39 is 16.9 Å². The molecule has 102 valence electrons. The average molecular weight is 254 g/mol. The lowest BCUT2D eigenvalue weighted by Gasteiger charge is -2.40. The van der Waals surface area contributed by atoms with Gasteiger partial charge in [0.25, 0.3) is 0 Å². The highest BCUT2D eigenvalue weighted by molar-refractivity contribution is 5.87. The van der Waals surface area contributed by atoms with Crippen LogP contribution in [0.1, 0.15) is 39.5 Å². The van der Waals surface area contributed by atoms with Crippen LogP contribution in [0.5, 0.6) is 0 Å². The molecule has 2 unspecified atom stereocenters. The zero-order chi connectivity index (χ0) is 13.6. The quantitative estimate of drug-likeness (QED) is 0.781. The highest BCUT2D eigenvalue weighted by atomic mass is 16.4. The number of carbonyl (C=O) groups is 2. The number of likely N-dealkylation sites (tertiary alicyclic amines) is 1. The second-order valence-corrected chi connectivity index (χ2v) is 6.25. The van der Waals surface area contributed by atoms with Crippen LogP contribution in [0.3, 0.4) is 0 Å². The summed E-state index contributed by atoms with van der Waals surface area (Å²) in [5.41, 5.74) is 4.47. The summed E-state index contributed by atoms with van der Waals surface area (Å²) in [6, 6.07) is 0. The molecule has 2 fully saturated rings. The van der Waals surface area contributed by atoms with Gasteiger partial charge in [-0.3, -0.25) is 9.59 Å². The van der Waals surface area contributed by atoms with Crippen LogP contribution >= 0.6 is 0 Å². The Bertz CT molecular complexity index is 376. The summed E-state index contributed by atoms with van der Waals surface area (Å²) in [5, 5.41) is 9.25. The molecule has 2 rings (SSSR count). The standard InChI is InChI=1S/C13H22N2O3/c1-12(11(17)18)6-3-7-15(8-12)10(16)13(2,14)9-4-5-9/h9H,3-8,14H2,1-2H3,(H,17,18). The van der Waals surface area contributed by atoms with Gasteiger partial charge in [0.2, 0.25) is 5.91 Å². The lowest BCUT2D eigenvalue weighted by molar-refractivity contribution is -0.154. The number of carboxylic acid groups (broad SMARTS) is 1. The molecule has 0 aromatic carbocycles. The second-order valence-electron chi connectivity index (χ2n) is 6.25. The Balaban J connectivity index is 2.09. The Morgan fingerprint density at radius 1 is 1.44 bits per heavy atom. The predicted octanol–water partition coefficient (Wildman–Crippen LogP) is 0.827. The zero-order valence-electron chi connectivity index (χ0n) is 11.1. The van der Waals surface area contributed by atoms with Gasteiger partial charge in [-0.1, -0.05) is 0 Å². The molecule has 2 atom stereocenters. The second kappa shape index (κ2) is 4.23. The van der Waals surface area contributed by atoms with Crippen molar-refractivity contribution in [1.29, 1.82) is 0 Å². The number of hydrogen-bond donors (Lipinski definition) is 2. The molecule has 3 N–H and O–H groups in total. The average Bonchev–Trinajstić information content (AvgIpc) is 3.11. The van der Waals surface area contributed by atoms with Crippen molar-refractivity contribution < 1.29 is 14.7 Å². The monoisotopic (exact) mass is 254 g/mol. The molecule has 1 amide bonds. The molecule has 18 heavy (non-hydrogen) atoms. The zero-order valence-corrected chi connectivity index (χ0v) is 11.1. The smallest absolute Gasteiger partial charge is 0.311 e. The molecule has 0 radical (unpaired) electrons. The van der Waals surface area contributed by atoms with Crippen molar-refractivity contribution >= 4 is 11.9 Å². The molecule has 1 aliphatic heterocycles. The van der Waals surface area contributed by atoms with Gasteiger partial charge in [0.05, 0.1) is 11.0 Å². The molecule has 1 heterocycles. The number of aliphatic carboxylic acids is 1. The number of hydrogen-bond acceptors (Lipinski definition) is 3. The maximum atomic E-state index is 12.4. The Morgan fingerprint density at radius 3 is 2.56 bits per heavy atom. The Kier molecular flexibility index (Phi) is 3.13. The van der Waals surface area contributed by atoms with Crippen LogP contribution in [0, 0.1) is 11.3 Å². The largest absolute Gasteiger partial charge is 0.481 e. The first-order chi connectivity index (χ1) is 8.27. The summed E-state index contributed by atoms with van der Waals surface area (Å²) in [7, 11) is 0. The Labute approximate surface area is 107 Å². The van der Waals surface area contributed by atoms with Crippen LogP contribution in [0.15, 0.2) is 0 Å². The van der Waals surface area contributed by atoms with Gasteiger partial charge in [-0.25, -0.2) is 0 Å². The molecular formula is C13H22N2O3. The number of piperidine rings is 1. The summed E-state index contributed by atoms with van der Waals surface area (Å²) >= 11 is 0. The molecular weight excluding hydrogens is 232 g/mol. The van der Waals surface area contributed by atoms with E-state index >= 15 is 0 Å². The molecule has 1 saturated carbocycles. The normalized spacial score (nSPS) is 31.8. The molecule has 5 heteroatoms. The first kappa shape index (κ1) is 13.3. The maximum Gasteiger partial charge on any atom is 0.311 e. The first-order valence-corrected chi connectivity index (χ1v) is 6.59. The number of nitrogens with zero attached hydrogens (tertiary/aromatic N) is 1. The van der Waals surface area contributed by atoms with E-state index in [1.807, 2.05) is 0 Å². The minimum atomic E-state index is -0.829. The van der Waals surface area contributed by atoms with E-state index in [0.29, 0.717) is 13.0 Å². The van der Waals surface area contributed by atoms with E-state index in [9.17, 15) is 14.7 Å². The SMILES string of the molecule is CC1(C(=O)O)CCCN(C(=O)C(C)(N)C2CC2)C1. The summed E-state index contributed by atoms with van der Waals surface area (Å²) in [6.07, 6.45) is 3.36. The minimum Gasteiger partial charge on any atom is -0.481 e. The fourth-order valence-electron chi connectivity index (χ4n) is 2.79. The third-order valence-electron chi connectivity index (χ3n) is 4.39.